The number of nitrogen functional groups attached to an aromatic ring is 1. The third-order valence-corrected chi connectivity index (χ3v) is 3.52. The highest BCUT2D eigenvalue weighted by Gasteiger charge is 2.34. The van der Waals surface area contributed by atoms with Gasteiger partial charge < -0.3 is 25.8 Å². The van der Waals surface area contributed by atoms with Crippen LogP contribution in [-0.2, 0) is 4.74 Å². The number of amides is 1. The number of carbonyl (C=O) groups is 1. The minimum absolute atomic E-state index is 0.0580. The van der Waals surface area contributed by atoms with E-state index in [4.69, 9.17) is 10.5 Å². The lowest BCUT2D eigenvalue weighted by atomic mass is 10.0. The molecule has 6 nitrogen and oxygen atoms in total. The molecule has 1 unspecified atom stereocenters. The number of anilines is 2. The van der Waals surface area contributed by atoms with Gasteiger partial charge >= 0.3 is 0 Å². The first kappa shape index (κ1) is 15.6. The van der Waals surface area contributed by atoms with E-state index in [0.717, 1.165) is 5.69 Å². The topological polar surface area (TPSA) is 87.8 Å². The number of rotatable bonds is 3. The number of ether oxygens (including phenoxy) is 1. The molecule has 1 aromatic carbocycles. The van der Waals surface area contributed by atoms with Crippen molar-refractivity contribution in [2.24, 2.45) is 0 Å². The highest BCUT2D eigenvalue weighted by molar-refractivity contribution is 6.00. The van der Waals surface area contributed by atoms with Crippen LogP contribution in [0.25, 0.3) is 0 Å². The minimum Gasteiger partial charge on any atom is -0.399 e. The molecule has 1 fully saturated rings. The lowest BCUT2D eigenvalue weighted by Crippen LogP contribution is -2.54. The van der Waals surface area contributed by atoms with Gasteiger partial charge in [-0.2, -0.15) is 0 Å². The molecule has 4 N–H and O–H groups in total. The number of aliphatic hydroxyl groups excluding tert-OH is 1. The van der Waals surface area contributed by atoms with Crippen LogP contribution in [0.2, 0.25) is 0 Å². The lowest BCUT2D eigenvalue weighted by molar-refractivity contribution is -0.101. The fourth-order valence-corrected chi connectivity index (χ4v) is 2.71. The molecule has 1 heterocycles. The first-order chi connectivity index (χ1) is 9.86. The van der Waals surface area contributed by atoms with E-state index in [1.807, 2.05) is 18.7 Å². The van der Waals surface area contributed by atoms with Crippen molar-refractivity contribution in [3.05, 3.63) is 23.8 Å². The molecular formula is C15H23N3O3. The molecule has 1 aliphatic rings. The SMILES string of the molecule is CNC(=O)c1ccc(N)cc1N1CC(CO)OC(C)(C)C1. The largest absolute Gasteiger partial charge is 0.399 e. The van der Waals surface area contributed by atoms with Crippen molar-refractivity contribution in [2.45, 2.75) is 25.6 Å². The van der Waals surface area contributed by atoms with Crippen molar-refractivity contribution in [3.63, 3.8) is 0 Å². The van der Waals surface area contributed by atoms with Crippen molar-refractivity contribution < 1.29 is 14.6 Å². The maximum Gasteiger partial charge on any atom is 0.253 e. The Balaban J connectivity index is 2.39. The molecule has 6 heteroatoms. The van der Waals surface area contributed by atoms with E-state index in [9.17, 15) is 9.90 Å². The normalized spacial score (nSPS) is 21.1. The van der Waals surface area contributed by atoms with Crippen molar-refractivity contribution in [3.8, 4) is 0 Å². The first-order valence-corrected chi connectivity index (χ1v) is 7.01. The minimum atomic E-state index is -0.407. The van der Waals surface area contributed by atoms with Crippen LogP contribution in [-0.4, -0.2) is 49.5 Å². The number of nitrogens with one attached hydrogen (secondary N) is 1. The highest BCUT2D eigenvalue weighted by Crippen LogP contribution is 2.30. The van der Waals surface area contributed by atoms with Gasteiger partial charge in [0, 0.05) is 25.8 Å². The number of hydrogen-bond acceptors (Lipinski definition) is 5. The van der Waals surface area contributed by atoms with Gasteiger partial charge in [0.25, 0.3) is 5.91 Å². The zero-order valence-corrected chi connectivity index (χ0v) is 12.7. The average Bonchev–Trinajstić information content (AvgIpc) is 2.44. The average molecular weight is 293 g/mol. The third kappa shape index (κ3) is 3.46. The van der Waals surface area contributed by atoms with E-state index >= 15 is 0 Å². The van der Waals surface area contributed by atoms with Crippen LogP contribution >= 0.6 is 0 Å². The fourth-order valence-electron chi connectivity index (χ4n) is 2.71. The van der Waals surface area contributed by atoms with Gasteiger partial charge in [-0.3, -0.25) is 4.79 Å². The number of aliphatic hydroxyl groups is 1. The molecule has 21 heavy (non-hydrogen) atoms. The number of nitrogens with two attached hydrogens (primary N) is 1. The summed E-state index contributed by atoms with van der Waals surface area (Å²) < 4.78 is 5.81. The molecule has 116 valence electrons. The molecule has 0 saturated carbocycles. The summed E-state index contributed by atoms with van der Waals surface area (Å²) in [5.74, 6) is -0.158. The lowest BCUT2D eigenvalue weighted by Gasteiger charge is -2.43. The second-order valence-corrected chi connectivity index (χ2v) is 5.92. The summed E-state index contributed by atoms with van der Waals surface area (Å²) in [5, 5.41) is 12.1. The third-order valence-electron chi connectivity index (χ3n) is 3.52. The van der Waals surface area contributed by atoms with Gasteiger partial charge in [0.15, 0.2) is 0 Å². The van der Waals surface area contributed by atoms with Gasteiger partial charge in [-0.25, -0.2) is 0 Å². The molecule has 0 spiro atoms. The Labute approximate surface area is 124 Å². The van der Waals surface area contributed by atoms with E-state index in [0.29, 0.717) is 24.3 Å². The Kier molecular flexibility index (Phi) is 4.39. The van der Waals surface area contributed by atoms with Crippen LogP contribution in [0.4, 0.5) is 11.4 Å². The zero-order chi connectivity index (χ0) is 15.6. The summed E-state index contributed by atoms with van der Waals surface area (Å²) in [7, 11) is 1.60. The Hall–Kier alpha value is -1.79. The summed E-state index contributed by atoms with van der Waals surface area (Å²) >= 11 is 0. The van der Waals surface area contributed by atoms with E-state index in [-0.39, 0.29) is 18.6 Å². The second-order valence-electron chi connectivity index (χ2n) is 5.92. The summed E-state index contributed by atoms with van der Waals surface area (Å²) in [6.07, 6.45) is -0.285. The quantitative estimate of drug-likeness (QED) is 0.711. The van der Waals surface area contributed by atoms with Crippen LogP contribution in [0, 0.1) is 0 Å². The molecule has 1 amide bonds. The summed E-state index contributed by atoms with van der Waals surface area (Å²) in [4.78, 5) is 14.1. The number of morpholine rings is 1. The molecule has 1 saturated heterocycles. The Morgan fingerprint density at radius 1 is 1.57 bits per heavy atom. The number of benzene rings is 1. The molecular weight excluding hydrogens is 270 g/mol. The molecule has 1 atom stereocenters. The summed E-state index contributed by atoms with van der Waals surface area (Å²) in [5.41, 5.74) is 7.40. The molecule has 2 rings (SSSR count). The second kappa shape index (κ2) is 5.91. The summed E-state index contributed by atoms with van der Waals surface area (Å²) in [6, 6.07) is 5.23. The van der Waals surface area contributed by atoms with Crippen molar-refractivity contribution in [1.82, 2.24) is 5.32 Å². The van der Waals surface area contributed by atoms with Gasteiger partial charge in [0.2, 0.25) is 0 Å². The van der Waals surface area contributed by atoms with Gasteiger partial charge in [0.05, 0.1) is 29.6 Å². The molecule has 0 aliphatic carbocycles. The fraction of sp³-hybridized carbons (Fsp3) is 0.533. The van der Waals surface area contributed by atoms with E-state index in [1.165, 1.54) is 0 Å². The predicted octanol–water partition coefficient (Wildman–Crippen LogP) is 0.604. The van der Waals surface area contributed by atoms with E-state index < -0.39 is 5.60 Å². The molecule has 0 aromatic heterocycles. The number of carbonyl (C=O) groups excluding carboxylic acids is 1. The van der Waals surface area contributed by atoms with Crippen molar-refractivity contribution in [2.75, 3.05) is 37.4 Å². The Bertz CT molecular complexity index is 531. The van der Waals surface area contributed by atoms with E-state index in [2.05, 4.69) is 5.32 Å². The van der Waals surface area contributed by atoms with E-state index in [1.54, 1.807) is 25.2 Å². The van der Waals surface area contributed by atoms with Crippen LogP contribution in [0.1, 0.15) is 24.2 Å². The van der Waals surface area contributed by atoms with Gasteiger partial charge in [0.1, 0.15) is 0 Å². The summed E-state index contributed by atoms with van der Waals surface area (Å²) in [6.45, 7) is 5.02. The van der Waals surface area contributed by atoms with Crippen molar-refractivity contribution >= 4 is 17.3 Å². The number of hydrogen-bond donors (Lipinski definition) is 3. The molecule has 0 radical (unpaired) electrons. The highest BCUT2D eigenvalue weighted by atomic mass is 16.5. The van der Waals surface area contributed by atoms with Gasteiger partial charge in [-0.1, -0.05) is 0 Å². The smallest absolute Gasteiger partial charge is 0.253 e. The van der Waals surface area contributed by atoms with Crippen LogP contribution in [0.15, 0.2) is 18.2 Å². The van der Waals surface area contributed by atoms with Gasteiger partial charge in [-0.15, -0.1) is 0 Å². The molecule has 1 aromatic rings. The predicted molar refractivity (Wildman–Crippen MR) is 82.5 cm³/mol. The van der Waals surface area contributed by atoms with Gasteiger partial charge in [-0.05, 0) is 32.0 Å². The monoisotopic (exact) mass is 293 g/mol. The van der Waals surface area contributed by atoms with Crippen LogP contribution < -0.4 is 16.0 Å². The van der Waals surface area contributed by atoms with Crippen LogP contribution in [0.5, 0.6) is 0 Å². The van der Waals surface area contributed by atoms with Crippen LogP contribution in [0.3, 0.4) is 0 Å². The first-order valence-electron chi connectivity index (χ1n) is 7.01. The Morgan fingerprint density at radius 3 is 2.90 bits per heavy atom. The number of nitrogens with zero attached hydrogens (tertiary/aromatic N) is 1. The molecule has 1 aliphatic heterocycles. The zero-order valence-electron chi connectivity index (χ0n) is 12.7. The maximum absolute atomic E-state index is 12.0. The van der Waals surface area contributed by atoms with Crippen molar-refractivity contribution in [1.29, 1.82) is 0 Å². The standard InChI is InChI=1S/C15H23N3O3/c1-15(2)9-18(7-11(8-19)21-15)13-6-10(16)4-5-12(13)14(20)17-3/h4-6,11,19H,7-9,16H2,1-3H3,(H,17,20). The molecule has 0 bridgehead atoms. The maximum atomic E-state index is 12.0. The Morgan fingerprint density at radius 2 is 2.29 bits per heavy atom.